The van der Waals surface area contributed by atoms with E-state index in [1.165, 1.54) is 38.2 Å². The van der Waals surface area contributed by atoms with Crippen LogP contribution >= 0.6 is 0 Å². The van der Waals surface area contributed by atoms with Gasteiger partial charge in [-0.3, -0.25) is 0 Å². The van der Waals surface area contributed by atoms with Crippen LogP contribution in [0.3, 0.4) is 0 Å². The standard InChI is InChI=1S/C16H26O2/c1-3-5-6-7-8-9-10-11-12-13-14-16(17)18-15-4-2/h4,6-7,13-14H,2-3,5,8-12,15H2,1H3/b7-6+,14-13+. The molecule has 0 aromatic carbocycles. The highest BCUT2D eigenvalue weighted by atomic mass is 16.5. The molecule has 18 heavy (non-hydrogen) atoms. The smallest absolute Gasteiger partial charge is 0.330 e. The van der Waals surface area contributed by atoms with E-state index in [1.54, 1.807) is 6.08 Å². The summed E-state index contributed by atoms with van der Waals surface area (Å²) in [7, 11) is 0. The molecule has 0 aliphatic heterocycles. The summed E-state index contributed by atoms with van der Waals surface area (Å²) in [5, 5.41) is 0. The summed E-state index contributed by atoms with van der Waals surface area (Å²) >= 11 is 0. The normalized spacial score (nSPS) is 11.2. The predicted molar refractivity (Wildman–Crippen MR) is 77.4 cm³/mol. The molecule has 0 unspecified atom stereocenters. The highest BCUT2D eigenvalue weighted by Gasteiger charge is 1.92. The Hall–Kier alpha value is -1.31. The number of carbonyl (C=O) groups is 1. The van der Waals surface area contributed by atoms with E-state index < -0.39 is 0 Å². The van der Waals surface area contributed by atoms with Gasteiger partial charge in [0.1, 0.15) is 6.61 Å². The molecule has 0 rings (SSSR count). The first-order valence-electron chi connectivity index (χ1n) is 6.90. The van der Waals surface area contributed by atoms with Gasteiger partial charge in [-0.15, -0.1) is 0 Å². The van der Waals surface area contributed by atoms with Crippen molar-refractivity contribution < 1.29 is 9.53 Å². The van der Waals surface area contributed by atoms with E-state index in [-0.39, 0.29) is 12.6 Å². The van der Waals surface area contributed by atoms with Crippen molar-refractivity contribution in [3.8, 4) is 0 Å². The number of carbonyl (C=O) groups excluding carboxylic acids is 1. The first-order chi connectivity index (χ1) is 8.81. The summed E-state index contributed by atoms with van der Waals surface area (Å²) in [4.78, 5) is 11.1. The maximum Gasteiger partial charge on any atom is 0.330 e. The van der Waals surface area contributed by atoms with Crippen LogP contribution in [-0.4, -0.2) is 12.6 Å². The number of allylic oxidation sites excluding steroid dienone is 3. The Kier molecular flexibility index (Phi) is 12.8. The van der Waals surface area contributed by atoms with Crippen LogP contribution in [0.1, 0.15) is 51.9 Å². The van der Waals surface area contributed by atoms with Crippen molar-refractivity contribution >= 4 is 5.97 Å². The van der Waals surface area contributed by atoms with Gasteiger partial charge in [0.05, 0.1) is 0 Å². The minimum Gasteiger partial charge on any atom is -0.458 e. The molecule has 0 aliphatic rings. The number of esters is 1. The topological polar surface area (TPSA) is 26.3 Å². The fourth-order valence-corrected chi connectivity index (χ4v) is 1.47. The molecule has 2 heteroatoms. The molecular formula is C16H26O2. The number of hydrogen-bond donors (Lipinski definition) is 0. The molecule has 0 amide bonds. The van der Waals surface area contributed by atoms with E-state index in [9.17, 15) is 4.79 Å². The second-order valence-corrected chi connectivity index (χ2v) is 4.22. The van der Waals surface area contributed by atoms with Crippen LogP contribution in [0, 0.1) is 0 Å². The molecule has 0 aromatic heterocycles. The Balaban J connectivity index is 3.31. The van der Waals surface area contributed by atoms with Gasteiger partial charge in [-0.25, -0.2) is 4.79 Å². The molecule has 0 saturated carbocycles. The van der Waals surface area contributed by atoms with Gasteiger partial charge < -0.3 is 4.74 Å². The summed E-state index contributed by atoms with van der Waals surface area (Å²) in [5.41, 5.74) is 0. The second kappa shape index (κ2) is 13.8. The fourth-order valence-electron chi connectivity index (χ4n) is 1.47. The molecular weight excluding hydrogens is 224 g/mol. The Labute approximate surface area is 111 Å². The minimum atomic E-state index is -0.280. The van der Waals surface area contributed by atoms with Crippen LogP contribution in [0.4, 0.5) is 0 Å². The second-order valence-electron chi connectivity index (χ2n) is 4.22. The monoisotopic (exact) mass is 250 g/mol. The molecule has 0 heterocycles. The van der Waals surface area contributed by atoms with Gasteiger partial charge in [0.25, 0.3) is 0 Å². The molecule has 2 nitrogen and oxygen atoms in total. The lowest BCUT2D eigenvalue weighted by atomic mass is 10.1. The quantitative estimate of drug-likeness (QED) is 0.232. The van der Waals surface area contributed by atoms with Gasteiger partial charge in [-0.1, -0.05) is 50.6 Å². The summed E-state index contributed by atoms with van der Waals surface area (Å²) in [6.07, 6.45) is 17.6. The summed E-state index contributed by atoms with van der Waals surface area (Å²) in [5.74, 6) is -0.280. The third-order valence-electron chi connectivity index (χ3n) is 2.46. The zero-order chi connectivity index (χ0) is 13.5. The lowest BCUT2D eigenvalue weighted by molar-refractivity contribution is -0.136. The Morgan fingerprint density at radius 2 is 1.72 bits per heavy atom. The van der Waals surface area contributed by atoms with E-state index in [4.69, 9.17) is 4.74 Å². The highest BCUT2D eigenvalue weighted by molar-refractivity contribution is 5.81. The lowest BCUT2D eigenvalue weighted by Crippen LogP contribution is -1.99. The fraction of sp³-hybridized carbons (Fsp3) is 0.562. The third-order valence-corrected chi connectivity index (χ3v) is 2.46. The van der Waals surface area contributed by atoms with Gasteiger partial charge in [0.15, 0.2) is 0 Å². The molecule has 0 radical (unpaired) electrons. The summed E-state index contributed by atoms with van der Waals surface area (Å²) in [6.45, 7) is 5.96. The summed E-state index contributed by atoms with van der Waals surface area (Å²) < 4.78 is 4.82. The molecule has 0 aliphatic carbocycles. The van der Waals surface area contributed by atoms with Crippen LogP contribution in [0.25, 0.3) is 0 Å². The summed E-state index contributed by atoms with van der Waals surface area (Å²) in [6, 6.07) is 0. The van der Waals surface area contributed by atoms with Gasteiger partial charge in [-0.05, 0) is 32.1 Å². The largest absolute Gasteiger partial charge is 0.458 e. The van der Waals surface area contributed by atoms with E-state index in [0.29, 0.717) is 0 Å². The molecule has 0 atom stereocenters. The van der Waals surface area contributed by atoms with Crippen molar-refractivity contribution in [2.45, 2.75) is 51.9 Å². The zero-order valence-corrected chi connectivity index (χ0v) is 11.6. The van der Waals surface area contributed by atoms with E-state index in [2.05, 4.69) is 25.7 Å². The van der Waals surface area contributed by atoms with Gasteiger partial charge in [0.2, 0.25) is 0 Å². The predicted octanol–water partition coefficient (Wildman–Crippen LogP) is 4.58. The molecule has 0 saturated heterocycles. The SMILES string of the molecule is C=CCOC(=O)/C=C/CCCCC/C=C/CCC. The average molecular weight is 250 g/mol. The minimum absolute atomic E-state index is 0.280. The van der Waals surface area contributed by atoms with E-state index in [0.717, 1.165) is 12.8 Å². The maximum atomic E-state index is 11.1. The van der Waals surface area contributed by atoms with E-state index in [1.807, 2.05) is 6.08 Å². The van der Waals surface area contributed by atoms with Gasteiger partial charge >= 0.3 is 5.97 Å². The molecule has 0 fully saturated rings. The number of hydrogen-bond acceptors (Lipinski definition) is 2. The van der Waals surface area contributed by atoms with Crippen molar-refractivity contribution in [2.75, 3.05) is 6.61 Å². The van der Waals surface area contributed by atoms with Crippen LogP contribution in [-0.2, 0) is 9.53 Å². The number of ether oxygens (including phenoxy) is 1. The van der Waals surface area contributed by atoms with Crippen LogP contribution < -0.4 is 0 Å². The lowest BCUT2D eigenvalue weighted by Gasteiger charge is -1.96. The molecule has 0 N–H and O–H groups in total. The van der Waals surface area contributed by atoms with Gasteiger partial charge in [-0.2, -0.15) is 0 Å². The maximum absolute atomic E-state index is 11.1. The highest BCUT2D eigenvalue weighted by Crippen LogP contribution is 2.05. The zero-order valence-electron chi connectivity index (χ0n) is 11.6. The molecule has 0 spiro atoms. The van der Waals surface area contributed by atoms with Crippen molar-refractivity contribution in [1.82, 2.24) is 0 Å². The first-order valence-corrected chi connectivity index (χ1v) is 6.90. The third kappa shape index (κ3) is 12.8. The number of rotatable bonds is 11. The van der Waals surface area contributed by atoms with Crippen molar-refractivity contribution in [1.29, 1.82) is 0 Å². The Morgan fingerprint density at radius 1 is 1.06 bits per heavy atom. The Morgan fingerprint density at radius 3 is 2.39 bits per heavy atom. The van der Waals surface area contributed by atoms with Crippen molar-refractivity contribution in [3.63, 3.8) is 0 Å². The van der Waals surface area contributed by atoms with Crippen molar-refractivity contribution in [3.05, 3.63) is 37.0 Å². The van der Waals surface area contributed by atoms with E-state index >= 15 is 0 Å². The van der Waals surface area contributed by atoms with Crippen LogP contribution in [0.2, 0.25) is 0 Å². The van der Waals surface area contributed by atoms with Gasteiger partial charge in [0, 0.05) is 6.08 Å². The molecule has 0 aromatic rings. The molecule has 102 valence electrons. The van der Waals surface area contributed by atoms with Crippen LogP contribution in [0.5, 0.6) is 0 Å². The first kappa shape index (κ1) is 16.7. The average Bonchev–Trinajstić information content (AvgIpc) is 2.38. The Bertz CT molecular complexity index is 264. The van der Waals surface area contributed by atoms with Crippen molar-refractivity contribution in [2.24, 2.45) is 0 Å². The number of unbranched alkanes of at least 4 members (excludes halogenated alkanes) is 5. The van der Waals surface area contributed by atoms with Crippen LogP contribution in [0.15, 0.2) is 37.0 Å². The molecule has 0 bridgehead atoms.